The van der Waals surface area contributed by atoms with Crippen LogP contribution in [0.1, 0.15) is 41.0 Å². The molecule has 6 rings (SSSR count). The Labute approximate surface area is 221 Å². The molecule has 7 heteroatoms. The summed E-state index contributed by atoms with van der Waals surface area (Å²) in [4.78, 5) is 15.8. The van der Waals surface area contributed by atoms with E-state index in [0.717, 1.165) is 45.3 Å². The third-order valence-electron chi connectivity index (χ3n) is 7.02. The fourth-order valence-corrected chi connectivity index (χ4v) is 5.26. The number of anilines is 1. The number of carbonyl (C=O) groups excluding carboxylic acids is 1. The predicted octanol–water partition coefficient (Wildman–Crippen LogP) is 6.81. The number of urea groups is 1. The van der Waals surface area contributed by atoms with Crippen molar-refractivity contribution in [2.75, 3.05) is 5.32 Å². The number of para-hydroxylation sites is 1. The van der Waals surface area contributed by atoms with Gasteiger partial charge >= 0.3 is 6.03 Å². The summed E-state index contributed by atoms with van der Waals surface area (Å²) in [6.45, 7) is 4.41. The Bertz CT molecular complexity index is 1600. The molecule has 0 bridgehead atoms. The van der Waals surface area contributed by atoms with E-state index in [1.54, 1.807) is 12.1 Å². The molecule has 0 aliphatic carbocycles. The molecule has 2 amide bonds. The van der Waals surface area contributed by atoms with E-state index in [2.05, 4.69) is 16.8 Å². The SMILES string of the molecule is CCc1nn(-c2ccccc2)c2c1CN(C(=O)Nc1cccc(C)c1)C(c1ccc(F)cc1)c1cccn1-2. The molecule has 0 fully saturated rings. The number of aryl methyl sites for hydroxylation is 2. The lowest BCUT2D eigenvalue weighted by Gasteiger charge is -2.31. The molecule has 6 nitrogen and oxygen atoms in total. The third-order valence-corrected chi connectivity index (χ3v) is 7.02. The third kappa shape index (κ3) is 4.16. The highest BCUT2D eigenvalue weighted by molar-refractivity contribution is 5.90. The lowest BCUT2D eigenvalue weighted by atomic mass is 10.0. The zero-order chi connectivity index (χ0) is 26.2. The summed E-state index contributed by atoms with van der Waals surface area (Å²) in [5.74, 6) is 0.593. The van der Waals surface area contributed by atoms with Crippen molar-refractivity contribution in [3.05, 3.63) is 131 Å². The van der Waals surface area contributed by atoms with Gasteiger partial charge in [0.05, 0.1) is 29.7 Å². The zero-order valence-electron chi connectivity index (χ0n) is 21.3. The fraction of sp³-hybridized carbons (Fsp3) is 0.161. The number of aromatic nitrogens is 3. The molecule has 3 aromatic carbocycles. The van der Waals surface area contributed by atoms with Gasteiger partial charge in [0.25, 0.3) is 0 Å². The van der Waals surface area contributed by atoms with E-state index in [4.69, 9.17) is 5.10 Å². The van der Waals surface area contributed by atoms with Crippen molar-refractivity contribution in [1.29, 1.82) is 0 Å². The summed E-state index contributed by atoms with van der Waals surface area (Å²) in [5, 5.41) is 8.08. The minimum absolute atomic E-state index is 0.236. The number of hydrogen-bond donors (Lipinski definition) is 1. The Kier molecular flexibility index (Phi) is 6.04. The Balaban J connectivity index is 1.55. The molecule has 1 atom stereocenters. The molecule has 190 valence electrons. The van der Waals surface area contributed by atoms with Crippen LogP contribution >= 0.6 is 0 Å². The van der Waals surface area contributed by atoms with Crippen molar-refractivity contribution < 1.29 is 9.18 Å². The first-order valence-electron chi connectivity index (χ1n) is 12.8. The van der Waals surface area contributed by atoms with Crippen LogP contribution in [0, 0.1) is 12.7 Å². The standard InChI is InChI=1S/C31H28FN5O/c1-3-27-26-20-36(31(38)33-24-10-7-9-21(2)19-24)29(22-14-16-23(32)17-15-22)28-13-8-18-35(28)30(26)37(34-27)25-11-5-4-6-12-25/h4-19,29H,3,20H2,1-2H3,(H,33,38). The summed E-state index contributed by atoms with van der Waals surface area (Å²) < 4.78 is 18.0. The topological polar surface area (TPSA) is 55.1 Å². The van der Waals surface area contributed by atoms with E-state index < -0.39 is 6.04 Å². The van der Waals surface area contributed by atoms with Gasteiger partial charge in [-0.3, -0.25) is 0 Å². The minimum atomic E-state index is -0.447. The average Bonchev–Trinajstić information content (AvgIpc) is 3.51. The molecular formula is C31H28FN5O. The van der Waals surface area contributed by atoms with Crippen molar-refractivity contribution in [1.82, 2.24) is 19.2 Å². The van der Waals surface area contributed by atoms with Crippen molar-refractivity contribution >= 4 is 11.7 Å². The molecule has 0 radical (unpaired) electrons. The van der Waals surface area contributed by atoms with Crippen LogP contribution in [-0.4, -0.2) is 25.3 Å². The van der Waals surface area contributed by atoms with E-state index in [-0.39, 0.29) is 11.8 Å². The van der Waals surface area contributed by atoms with Gasteiger partial charge < -0.3 is 14.8 Å². The molecule has 1 aliphatic rings. The van der Waals surface area contributed by atoms with Crippen LogP contribution in [0.25, 0.3) is 11.5 Å². The maximum absolute atomic E-state index is 14.0. The molecule has 0 saturated carbocycles. The highest BCUT2D eigenvalue weighted by Crippen LogP contribution is 2.39. The van der Waals surface area contributed by atoms with Crippen molar-refractivity contribution in [2.45, 2.75) is 32.9 Å². The van der Waals surface area contributed by atoms with E-state index in [0.29, 0.717) is 13.0 Å². The number of fused-ring (bicyclic) bond motifs is 3. The first kappa shape index (κ1) is 23.7. The molecule has 0 spiro atoms. The summed E-state index contributed by atoms with van der Waals surface area (Å²) in [7, 11) is 0. The van der Waals surface area contributed by atoms with Gasteiger partial charge in [0.1, 0.15) is 11.6 Å². The second-order valence-corrected chi connectivity index (χ2v) is 9.53. The molecule has 1 N–H and O–H groups in total. The number of nitrogens with one attached hydrogen (secondary N) is 1. The zero-order valence-corrected chi connectivity index (χ0v) is 21.3. The Morgan fingerprint density at radius 3 is 2.53 bits per heavy atom. The molecule has 3 heterocycles. The summed E-state index contributed by atoms with van der Waals surface area (Å²) >= 11 is 0. The van der Waals surface area contributed by atoms with Gasteiger partial charge in [-0.2, -0.15) is 5.10 Å². The van der Waals surface area contributed by atoms with E-state index in [1.165, 1.54) is 12.1 Å². The molecule has 2 aromatic heterocycles. The van der Waals surface area contributed by atoms with Crippen molar-refractivity contribution in [3.63, 3.8) is 0 Å². The van der Waals surface area contributed by atoms with Crippen LogP contribution in [-0.2, 0) is 13.0 Å². The second kappa shape index (κ2) is 9.67. The summed E-state index contributed by atoms with van der Waals surface area (Å²) in [5.41, 5.74) is 6.36. The molecular weight excluding hydrogens is 477 g/mol. The van der Waals surface area contributed by atoms with E-state index >= 15 is 0 Å². The van der Waals surface area contributed by atoms with Gasteiger partial charge in [-0.1, -0.05) is 49.4 Å². The highest BCUT2D eigenvalue weighted by Gasteiger charge is 2.36. The van der Waals surface area contributed by atoms with Crippen LogP contribution in [0.4, 0.5) is 14.9 Å². The summed E-state index contributed by atoms with van der Waals surface area (Å²) in [6, 6.07) is 27.5. The molecule has 1 aliphatic heterocycles. The second-order valence-electron chi connectivity index (χ2n) is 9.53. The molecule has 0 saturated heterocycles. The maximum Gasteiger partial charge on any atom is 0.322 e. The lowest BCUT2D eigenvalue weighted by molar-refractivity contribution is 0.194. The molecule has 1 unspecified atom stereocenters. The van der Waals surface area contributed by atoms with Gasteiger partial charge in [-0.25, -0.2) is 13.9 Å². The monoisotopic (exact) mass is 505 g/mol. The fourth-order valence-electron chi connectivity index (χ4n) is 5.26. The lowest BCUT2D eigenvalue weighted by Crippen LogP contribution is -2.38. The number of carbonyl (C=O) groups is 1. The quantitative estimate of drug-likeness (QED) is 0.292. The van der Waals surface area contributed by atoms with Gasteiger partial charge in [-0.15, -0.1) is 0 Å². The smallest absolute Gasteiger partial charge is 0.308 e. The molecule has 38 heavy (non-hydrogen) atoms. The number of nitrogens with zero attached hydrogens (tertiary/aromatic N) is 4. The van der Waals surface area contributed by atoms with Crippen LogP contribution in [0.3, 0.4) is 0 Å². The van der Waals surface area contributed by atoms with Crippen LogP contribution < -0.4 is 5.32 Å². The normalized spacial score (nSPS) is 14.5. The van der Waals surface area contributed by atoms with Gasteiger partial charge in [-0.05, 0) is 73.0 Å². The van der Waals surface area contributed by atoms with Crippen LogP contribution in [0.5, 0.6) is 0 Å². The number of amides is 2. The van der Waals surface area contributed by atoms with Crippen LogP contribution in [0.2, 0.25) is 0 Å². The Morgan fingerprint density at radius 1 is 1.00 bits per heavy atom. The molecule has 5 aromatic rings. The van der Waals surface area contributed by atoms with E-state index in [9.17, 15) is 9.18 Å². The Morgan fingerprint density at radius 2 is 1.79 bits per heavy atom. The van der Waals surface area contributed by atoms with Gasteiger partial charge in [0, 0.05) is 17.4 Å². The predicted molar refractivity (Wildman–Crippen MR) is 146 cm³/mol. The van der Waals surface area contributed by atoms with E-state index in [1.807, 2.05) is 89.4 Å². The number of halogens is 1. The number of benzene rings is 3. The van der Waals surface area contributed by atoms with Gasteiger partial charge in [0.15, 0.2) is 0 Å². The summed E-state index contributed by atoms with van der Waals surface area (Å²) in [6.07, 6.45) is 2.72. The average molecular weight is 506 g/mol. The number of rotatable bonds is 4. The van der Waals surface area contributed by atoms with Crippen LogP contribution in [0.15, 0.2) is 97.2 Å². The first-order valence-corrected chi connectivity index (χ1v) is 12.8. The maximum atomic E-state index is 14.0. The van der Waals surface area contributed by atoms with Gasteiger partial charge in [0.2, 0.25) is 0 Å². The minimum Gasteiger partial charge on any atom is -0.308 e. The van der Waals surface area contributed by atoms with Crippen molar-refractivity contribution in [2.24, 2.45) is 0 Å². The largest absolute Gasteiger partial charge is 0.322 e. The number of hydrogen-bond acceptors (Lipinski definition) is 2. The van der Waals surface area contributed by atoms with Crippen molar-refractivity contribution in [3.8, 4) is 11.5 Å². The highest BCUT2D eigenvalue weighted by atomic mass is 19.1. The Hall–Kier alpha value is -4.65. The first-order chi connectivity index (χ1) is 18.5.